The predicted octanol–water partition coefficient (Wildman–Crippen LogP) is 6.21. The summed E-state index contributed by atoms with van der Waals surface area (Å²) < 4.78 is 10.8. The minimum atomic E-state index is -0.571. The zero-order chi connectivity index (χ0) is 25.9. The number of nitrogens with zero attached hydrogens (tertiary/aromatic N) is 1. The van der Waals surface area contributed by atoms with E-state index in [-0.39, 0.29) is 46.4 Å². The van der Waals surface area contributed by atoms with Gasteiger partial charge in [-0.15, -0.1) is 0 Å². The lowest BCUT2D eigenvalue weighted by molar-refractivity contribution is -0.384. The number of nitro benzene ring substituents is 1. The Morgan fingerprint density at radius 1 is 1.05 bits per heavy atom. The normalized spacial score (nSPS) is 19.3. The maximum atomic E-state index is 13.1. The quantitative estimate of drug-likeness (QED) is 0.136. The average Bonchev–Trinajstić information content (AvgIpc) is 3.42. The van der Waals surface area contributed by atoms with E-state index >= 15 is 0 Å². The fraction of sp³-hybridized carbons (Fsp3) is 0.241. The van der Waals surface area contributed by atoms with Gasteiger partial charge in [0.15, 0.2) is 0 Å². The molecule has 0 saturated heterocycles. The molecular formula is C29H26N2O6. The van der Waals surface area contributed by atoms with Crippen LogP contribution in [0.2, 0.25) is 0 Å². The second kappa shape index (κ2) is 10.3. The molecule has 3 aromatic carbocycles. The molecule has 1 aliphatic carbocycles. The van der Waals surface area contributed by atoms with Gasteiger partial charge in [-0.3, -0.25) is 10.1 Å². The van der Waals surface area contributed by atoms with E-state index in [1.807, 2.05) is 25.1 Å². The number of carbonyl (C=O) groups is 2. The first-order valence-electron chi connectivity index (χ1n) is 12.3. The third kappa shape index (κ3) is 4.82. The zero-order valence-electron chi connectivity index (χ0n) is 20.3. The number of non-ortho nitro benzene ring substituents is 1. The first kappa shape index (κ1) is 24.2. The van der Waals surface area contributed by atoms with E-state index in [9.17, 15) is 19.7 Å². The van der Waals surface area contributed by atoms with Crippen LogP contribution in [0.25, 0.3) is 0 Å². The first-order valence-corrected chi connectivity index (χ1v) is 12.3. The van der Waals surface area contributed by atoms with Gasteiger partial charge in [0.05, 0.1) is 23.1 Å². The lowest BCUT2D eigenvalue weighted by Gasteiger charge is -2.37. The highest BCUT2D eigenvalue weighted by molar-refractivity contribution is 5.96. The van der Waals surface area contributed by atoms with Crippen molar-refractivity contribution >= 4 is 23.3 Å². The Hall–Kier alpha value is -4.46. The number of nitrogens with one attached hydrogen (secondary N) is 1. The van der Waals surface area contributed by atoms with Gasteiger partial charge in [-0.25, -0.2) is 9.59 Å². The fourth-order valence-corrected chi connectivity index (χ4v) is 5.04. The Kier molecular flexibility index (Phi) is 6.72. The van der Waals surface area contributed by atoms with Crippen molar-refractivity contribution in [2.24, 2.45) is 5.92 Å². The summed E-state index contributed by atoms with van der Waals surface area (Å²) >= 11 is 0. The van der Waals surface area contributed by atoms with E-state index in [0.717, 1.165) is 23.2 Å². The first-order chi connectivity index (χ1) is 18.0. The molecule has 3 atom stereocenters. The van der Waals surface area contributed by atoms with Crippen molar-refractivity contribution in [1.82, 2.24) is 0 Å². The number of hydrogen-bond acceptors (Lipinski definition) is 7. The molecule has 8 nitrogen and oxygen atoms in total. The van der Waals surface area contributed by atoms with Gasteiger partial charge in [-0.05, 0) is 60.2 Å². The van der Waals surface area contributed by atoms with Crippen molar-refractivity contribution in [2.75, 3.05) is 11.9 Å². The van der Waals surface area contributed by atoms with Gasteiger partial charge in [0.25, 0.3) is 5.69 Å². The molecular weight excluding hydrogens is 472 g/mol. The highest BCUT2D eigenvalue weighted by Gasteiger charge is 2.38. The number of benzene rings is 3. The summed E-state index contributed by atoms with van der Waals surface area (Å²) in [6.07, 6.45) is 5.74. The summed E-state index contributed by atoms with van der Waals surface area (Å²) in [6.45, 7) is 2.19. The monoisotopic (exact) mass is 498 g/mol. The second-order valence-corrected chi connectivity index (χ2v) is 9.15. The van der Waals surface area contributed by atoms with E-state index in [4.69, 9.17) is 9.47 Å². The number of rotatable bonds is 7. The Bertz CT molecular complexity index is 1400. The molecule has 0 bridgehead atoms. The number of carbonyl (C=O) groups excluding carboxylic acids is 2. The molecule has 0 spiro atoms. The number of allylic oxidation sites excluding steroid dienone is 2. The van der Waals surface area contributed by atoms with Gasteiger partial charge in [0.2, 0.25) is 0 Å². The van der Waals surface area contributed by atoms with Gasteiger partial charge < -0.3 is 14.8 Å². The summed E-state index contributed by atoms with van der Waals surface area (Å²) in [5.41, 5.74) is 3.31. The Morgan fingerprint density at radius 3 is 2.70 bits per heavy atom. The van der Waals surface area contributed by atoms with Gasteiger partial charge in [-0.2, -0.15) is 0 Å². The number of fused-ring (bicyclic) bond motifs is 3. The van der Waals surface area contributed by atoms with Crippen molar-refractivity contribution < 1.29 is 24.0 Å². The number of hydrogen-bond donors (Lipinski definition) is 1. The second-order valence-electron chi connectivity index (χ2n) is 9.15. The van der Waals surface area contributed by atoms with Crippen LogP contribution in [-0.4, -0.2) is 23.5 Å². The third-order valence-electron chi connectivity index (χ3n) is 6.79. The maximum Gasteiger partial charge on any atom is 0.343 e. The number of esters is 2. The van der Waals surface area contributed by atoms with Gasteiger partial charge in [0, 0.05) is 23.7 Å². The molecule has 37 heavy (non-hydrogen) atoms. The minimum Gasteiger partial charge on any atom is -0.462 e. The minimum absolute atomic E-state index is 0.0459. The zero-order valence-corrected chi connectivity index (χ0v) is 20.3. The molecule has 1 N–H and O–H groups in total. The fourth-order valence-electron chi connectivity index (χ4n) is 5.04. The molecule has 188 valence electrons. The molecule has 8 heteroatoms. The van der Waals surface area contributed by atoms with Crippen molar-refractivity contribution in [1.29, 1.82) is 0 Å². The van der Waals surface area contributed by atoms with Gasteiger partial charge in [-0.1, -0.05) is 43.3 Å². The van der Waals surface area contributed by atoms with Crippen molar-refractivity contribution in [2.45, 2.75) is 31.7 Å². The summed E-state index contributed by atoms with van der Waals surface area (Å²) in [6, 6.07) is 18.5. The summed E-state index contributed by atoms with van der Waals surface area (Å²) in [5, 5.41) is 14.8. The molecule has 5 rings (SSSR count). The predicted molar refractivity (Wildman–Crippen MR) is 138 cm³/mol. The molecule has 1 heterocycles. The number of nitro groups is 1. The smallest absolute Gasteiger partial charge is 0.343 e. The Balaban J connectivity index is 1.40. The molecule has 0 aromatic heterocycles. The molecule has 0 fully saturated rings. The maximum absolute atomic E-state index is 13.1. The topological polar surface area (TPSA) is 108 Å². The van der Waals surface area contributed by atoms with Crippen LogP contribution in [0.4, 0.5) is 11.4 Å². The summed E-state index contributed by atoms with van der Waals surface area (Å²) in [4.78, 5) is 36.4. The van der Waals surface area contributed by atoms with Crippen LogP contribution in [0.3, 0.4) is 0 Å². The Morgan fingerprint density at radius 2 is 1.89 bits per heavy atom. The van der Waals surface area contributed by atoms with Crippen LogP contribution in [-0.2, 0) is 4.74 Å². The molecule has 2 aliphatic rings. The number of para-hydroxylation sites is 1. The highest BCUT2D eigenvalue weighted by atomic mass is 16.6. The van der Waals surface area contributed by atoms with E-state index in [2.05, 4.69) is 17.5 Å². The molecule has 0 radical (unpaired) electrons. The van der Waals surface area contributed by atoms with Crippen LogP contribution in [0.5, 0.6) is 5.75 Å². The molecule has 0 unspecified atom stereocenters. The average molecular weight is 499 g/mol. The number of ether oxygens (including phenoxy) is 2. The SMILES string of the molecule is CCCOC(=O)c1ccccc1OC(=O)c1ccc2c(c1)[C@@H]1C=CC[C@@H]1[C@H](c1cccc([N+](=O)[O-])c1)N2. The van der Waals surface area contributed by atoms with Crippen LogP contribution in [0, 0.1) is 16.0 Å². The molecule has 0 amide bonds. The molecule has 3 aromatic rings. The van der Waals surface area contributed by atoms with Gasteiger partial charge in [0.1, 0.15) is 11.3 Å². The van der Waals surface area contributed by atoms with Crippen molar-refractivity contribution in [3.05, 3.63) is 111 Å². The van der Waals surface area contributed by atoms with E-state index < -0.39 is 11.9 Å². The van der Waals surface area contributed by atoms with Crippen LogP contribution < -0.4 is 10.1 Å². The largest absolute Gasteiger partial charge is 0.462 e. The van der Waals surface area contributed by atoms with Crippen LogP contribution >= 0.6 is 0 Å². The van der Waals surface area contributed by atoms with Crippen LogP contribution in [0.15, 0.2) is 78.9 Å². The lowest BCUT2D eigenvalue weighted by atomic mass is 9.76. The molecule has 1 aliphatic heterocycles. The summed E-state index contributed by atoms with van der Waals surface area (Å²) in [5.74, 6) is -0.767. The van der Waals surface area contributed by atoms with E-state index in [0.29, 0.717) is 12.0 Å². The van der Waals surface area contributed by atoms with E-state index in [1.165, 1.54) is 6.07 Å². The van der Waals surface area contributed by atoms with Crippen LogP contribution in [0.1, 0.15) is 63.6 Å². The Labute approximate surface area is 214 Å². The van der Waals surface area contributed by atoms with Crippen molar-refractivity contribution in [3.8, 4) is 5.75 Å². The number of anilines is 1. The molecule has 0 saturated carbocycles. The van der Waals surface area contributed by atoms with E-state index in [1.54, 1.807) is 42.5 Å². The third-order valence-corrected chi connectivity index (χ3v) is 6.79. The lowest BCUT2D eigenvalue weighted by Crippen LogP contribution is -2.29. The summed E-state index contributed by atoms with van der Waals surface area (Å²) in [7, 11) is 0. The highest BCUT2D eigenvalue weighted by Crippen LogP contribution is 2.50. The standard InChI is InChI=1S/C29H26N2O6/c1-2-15-36-29(33)23-9-3-4-12-26(23)37-28(32)19-13-14-25-24(17-19)21-10-6-11-22(21)27(30-25)18-7-5-8-20(16-18)31(34)35/h3-10,12-14,16-17,21-22,27,30H,2,11,15H2,1H3/t21-,22+,27+/m1/s1. The van der Waals surface area contributed by atoms with Gasteiger partial charge >= 0.3 is 11.9 Å². The van der Waals surface area contributed by atoms with Crippen molar-refractivity contribution in [3.63, 3.8) is 0 Å².